The van der Waals surface area contributed by atoms with Crippen molar-refractivity contribution in [2.45, 2.75) is 0 Å². The van der Waals surface area contributed by atoms with Crippen molar-refractivity contribution < 1.29 is 0 Å². The van der Waals surface area contributed by atoms with E-state index < -0.39 is 0 Å². The quantitative estimate of drug-likeness (QED) is 0.191. The van der Waals surface area contributed by atoms with Gasteiger partial charge in [-0.25, -0.2) is 15.0 Å². The predicted octanol–water partition coefficient (Wildman–Crippen LogP) is 11.4. The zero-order valence-electron chi connectivity index (χ0n) is 26.5. The van der Waals surface area contributed by atoms with Crippen LogP contribution in [-0.2, 0) is 0 Å². The van der Waals surface area contributed by atoms with Gasteiger partial charge in [-0.3, -0.25) is 0 Å². The van der Waals surface area contributed by atoms with E-state index >= 15 is 0 Å². The van der Waals surface area contributed by atoms with Crippen molar-refractivity contribution in [2.75, 3.05) is 0 Å². The van der Waals surface area contributed by atoms with Crippen molar-refractivity contribution >= 4 is 38.1 Å². The Kier molecular flexibility index (Phi) is 6.15. The van der Waals surface area contributed by atoms with Gasteiger partial charge < -0.3 is 4.40 Å². The summed E-state index contributed by atoms with van der Waals surface area (Å²) in [6, 6.07) is 59.8. The average molecular weight is 625 g/mol. The topological polar surface area (TPSA) is 43.1 Å². The van der Waals surface area contributed by atoms with Gasteiger partial charge in [-0.1, -0.05) is 133 Å². The second-order valence-electron chi connectivity index (χ2n) is 12.5. The highest BCUT2D eigenvalue weighted by molar-refractivity contribution is 6.24. The standard InChI is InChI=1S/C45H28N4/c1-3-13-29(14-4-1)43-46-44(30-15-5-2-6-16-30)48-45(47-43)34-20-12-18-32(26-34)31-17-11-19-33(25-31)35-27-38-36-21-7-9-23-40(36)49-41-24-10-8-22-37(41)39(28-35)42(38)49/h1-28H. The SMILES string of the molecule is c1ccc(-c2nc(-c3ccccc3)nc(-c3cccc(-c4cccc(-c5cc6c7ccccc7n7c8ccccc8c(c5)c67)c4)c3)n2)cc1. The Morgan fingerprint density at radius 1 is 0.286 bits per heavy atom. The summed E-state index contributed by atoms with van der Waals surface area (Å²) in [5.74, 6) is 1.96. The van der Waals surface area contributed by atoms with Crippen LogP contribution in [-0.4, -0.2) is 19.4 Å². The van der Waals surface area contributed by atoms with Gasteiger partial charge in [0.05, 0.1) is 16.6 Å². The molecule has 0 spiro atoms. The first kappa shape index (κ1) is 27.5. The summed E-state index contributed by atoms with van der Waals surface area (Å²) in [4.78, 5) is 14.8. The Bertz CT molecular complexity index is 2680. The molecule has 49 heavy (non-hydrogen) atoms. The Morgan fingerprint density at radius 3 is 1.20 bits per heavy atom. The first-order valence-electron chi connectivity index (χ1n) is 16.5. The number of nitrogens with zero attached hydrogens (tertiary/aromatic N) is 4. The van der Waals surface area contributed by atoms with Gasteiger partial charge in [0.25, 0.3) is 0 Å². The van der Waals surface area contributed by atoms with Crippen LogP contribution in [0, 0.1) is 0 Å². The Hall–Kier alpha value is -6.65. The van der Waals surface area contributed by atoms with Crippen molar-refractivity contribution in [3.63, 3.8) is 0 Å². The highest BCUT2D eigenvalue weighted by Crippen LogP contribution is 2.42. The smallest absolute Gasteiger partial charge is 0.164 e. The second-order valence-corrected chi connectivity index (χ2v) is 12.5. The van der Waals surface area contributed by atoms with Crippen LogP contribution in [0.3, 0.4) is 0 Å². The highest BCUT2D eigenvalue weighted by Gasteiger charge is 2.19. The van der Waals surface area contributed by atoms with Gasteiger partial charge in [0, 0.05) is 38.2 Å². The maximum absolute atomic E-state index is 4.97. The largest absolute Gasteiger partial charge is 0.308 e. The third-order valence-corrected chi connectivity index (χ3v) is 9.55. The fraction of sp³-hybridized carbons (Fsp3) is 0. The maximum atomic E-state index is 4.97. The van der Waals surface area contributed by atoms with Crippen molar-refractivity contribution in [2.24, 2.45) is 0 Å². The molecule has 3 aromatic heterocycles. The molecule has 10 rings (SSSR count). The van der Waals surface area contributed by atoms with Gasteiger partial charge >= 0.3 is 0 Å². The molecule has 0 bridgehead atoms. The second kappa shape index (κ2) is 11.0. The molecule has 0 aliphatic carbocycles. The fourth-order valence-electron chi connectivity index (χ4n) is 7.27. The van der Waals surface area contributed by atoms with E-state index in [9.17, 15) is 0 Å². The van der Waals surface area contributed by atoms with E-state index in [0.717, 1.165) is 27.8 Å². The van der Waals surface area contributed by atoms with Crippen LogP contribution in [0.2, 0.25) is 0 Å². The number of fused-ring (bicyclic) bond motifs is 6. The Labute approximate surface area is 283 Å². The number of hydrogen-bond donors (Lipinski definition) is 0. The summed E-state index contributed by atoms with van der Waals surface area (Å²) < 4.78 is 2.43. The van der Waals surface area contributed by atoms with Crippen LogP contribution in [0.1, 0.15) is 0 Å². The van der Waals surface area contributed by atoms with Crippen LogP contribution in [0.25, 0.3) is 94.5 Å². The lowest BCUT2D eigenvalue weighted by Crippen LogP contribution is -2.00. The van der Waals surface area contributed by atoms with Gasteiger partial charge in [-0.2, -0.15) is 0 Å². The molecule has 0 amide bonds. The minimum Gasteiger partial charge on any atom is -0.308 e. The first-order valence-corrected chi connectivity index (χ1v) is 16.5. The number of para-hydroxylation sites is 2. The van der Waals surface area contributed by atoms with Crippen LogP contribution >= 0.6 is 0 Å². The molecule has 4 heteroatoms. The molecule has 0 unspecified atom stereocenters. The zero-order chi connectivity index (χ0) is 32.3. The molecular formula is C45H28N4. The van der Waals surface area contributed by atoms with E-state index in [1.54, 1.807) is 0 Å². The lowest BCUT2D eigenvalue weighted by atomic mass is 9.95. The lowest BCUT2D eigenvalue weighted by molar-refractivity contribution is 1.07. The molecule has 10 aromatic rings. The van der Waals surface area contributed by atoms with E-state index in [0.29, 0.717) is 17.5 Å². The monoisotopic (exact) mass is 624 g/mol. The van der Waals surface area contributed by atoms with Crippen LogP contribution < -0.4 is 0 Å². The summed E-state index contributed by atoms with van der Waals surface area (Å²) in [6.45, 7) is 0. The molecular weight excluding hydrogens is 597 g/mol. The van der Waals surface area contributed by atoms with Crippen LogP contribution in [0.4, 0.5) is 0 Å². The first-order chi connectivity index (χ1) is 24.3. The van der Waals surface area contributed by atoms with Crippen molar-refractivity contribution in [3.05, 3.63) is 170 Å². The minimum absolute atomic E-state index is 0.647. The average Bonchev–Trinajstić information content (AvgIpc) is 3.70. The maximum Gasteiger partial charge on any atom is 0.164 e. The molecule has 0 radical (unpaired) electrons. The molecule has 0 saturated heterocycles. The number of hydrogen-bond acceptors (Lipinski definition) is 3. The molecule has 0 saturated carbocycles. The summed E-state index contributed by atoms with van der Waals surface area (Å²) in [7, 11) is 0. The van der Waals surface area contributed by atoms with Crippen molar-refractivity contribution in [3.8, 4) is 56.4 Å². The number of rotatable bonds is 5. The van der Waals surface area contributed by atoms with Gasteiger partial charge in [0.1, 0.15) is 0 Å². The molecule has 7 aromatic carbocycles. The fourth-order valence-corrected chi connectivity index (χ4v) is 7.27. The lowest BCUT2D eigenvalue weighted by Gasteiger charge is -2.11. The number of benzene rings is 7. The summed E-state index contributed by atoms with van der Waals surface area (Å²) in [5, 5.41) is 5.12. The van der Waals surface area contributed by atoms with E-state index in [-0.39, 0.29) is 0 Å². The van der Waals surface area contributed by atoms with Crippen LogP contribution in [0.5, 0.6) is 0 Å². The van der Waals surface area contributed by atoms with Gasteiger partial charge in [-0.05, 0) is 58.7 Å². The molecule has 0 aliphatic rings. The normalized spacial score (nSPS) is 11.7. The van der Waals surface area contributed by atoms with Crippen molar-refractivity contribution in [1.82, 2.24) is 19.4 Å². The van der Waals surface area contributed by atoms with E-state index in [4.69, 9.17) is 15.0 Å². The molecule has 0 fully saturated rings. The third-order valence-electron chi connectivity index (χ3n) is 9.55. The van der Waals surface area contributed by atoms with Gasteiger partial charge in [0.2, 0.25) is 0 Å². The molecule has 0 N–H and O–H groups in total. The summed E-state index contributed by atoms with van der Waals surface area (Å²) in [5.41, 5.74) is 11.3. The zero-order valence-corrected chi connectivity index (χ0v) is 26.5. The highest BCUT2D eigenvalue weighted by atomic mass is 15.0. The number of aromatic nitrogens is 4. The van der Waals surface area contributed by atoms with Crippen LogP contribution in [0.15, 0.2) is 170 Å². The molecule has 228 valence electrons. The van der Waals surface area contributed by atoms with Gasteiger partial charge in [0.15, 0.2) is 17.5 Å². The van der Waals surface area contributed by atoms with E-state index in [1.807, 2.05) is 60.7 Å². The molecule has 0 atom stereocenters. The molecule has 0 aliphatic heterocycles. The van der Waals surface area contributed by atoms with E-state index in [2.05, 4.69) is 114 Å². The third kappa shape index (κ3) is 4.49. The molecule has 3 heterocycles. The molecule has 4 nitrogen and oxygen atoms in total. The Morgan fingerprint density at radius 2 is 0.673 bits per heavy atom. The predicted molar refractivity (Wildman–Crippen MR) is 202 cm³/mol. The summed E-state index contributed by atoms with van der Waals surface area (Å²) in [6.07, 6.45) is 0. The van der Waals surface area contributed by atoms with E-state index in [1.165, 1.54) is 49.2 Å². The summed E-state index contributed by atoms with van der Waals surface area (Å²) >= 11 is 0. The minimum atomic E-state index is 0.647. The van der Waals surface area contributed by atoms with Crippen molar-refractivity contribution in [1.29, 1.82) is 0 Å². The van der Waals surface area contributed by atoms with Gasteiger partial charge in [-0.15, -0.1) is 0 Å². The Balaban J connectivity index is 1.10.